The van der Waals surface area contributed by atoms with E-state index >= 15 is 0 Å². The summed E-state index contributed by atoms with van der Waals surface area (Å²) in [4.78, 5) is 12.4. The van der Waals surface area contributed by atoms with Gasteiger partial charge >= 0.3 is 0 Å². The van der Waals surface area contributed by atoms with Crippen LogP contribution < -0.4 is 10.6 Å². The molecule has 25 heavy (non-hydrogen) atoms. The molecule has 1 saturated heterocycles. The third kappa shape index (κ3) is 4.61. The highest BCUT2D eigenvalue weighted by molar-refractivity contribution is 5.94. The van der Waals surface area contributed by atoms with Crippen molar-refractivity contribution in [3.63, 3.8) is 0 Å². The van der Waals surface area contributed by atoms with Gasteiger partial charge in [0.1, 0.15) is 0 Å². The summed E-state index contributed by atoms with van der Waals surface area (Å²) in [7, 11) is 0. The Morgan fingerprint density at radius 3 is 2.44 bits per heavy atom. The maximum Gasteiger partial charge on any atom is 0.251 e. The Bertz CT molecular complexity index is 718. The number of halogens is 1. The molecule has 2 N–H and O–H groups in total. The molecule has 0 saturated carbocycles. The summed E-state index contributed by atoms with van der Waals surface area (Å²) in [5.41, 5.74) is 3.94. The Kier molecular flexibility index (Phi) is 6.25. The molecule has 1 amide bonds. The molecule has 1 aliphatic rings. The number of hydrogen-bond donors (Lipinski definition) is 2. The molecule has 2 heterocycles. The largest absolute Gasteiger partial charge is 0.351 e. The van der Waals surface area contributed by atoms with E-state index in [1.54, 1.807) is 0 Å². The number of hydrogen-bond acceptors (Lipinski definition) is 3. The van der Waals surface area contributed by atoms with Crippen LogP contribution in [0.25, 0.3) is 5.69 Å². The van der Waals surface area contributed by atoms with Crippen LogP contribution in [0.1, 0.15) is 41.5 Å². The highest BCUT2D eigenvalue weighted by atomic mass is 35.5. The van der Waals surface area contributed by atoms with Gasteiger partial charge in [0.2, 0.25) is 0 Å². The van der Waals surface area contributed by atoms with Crippen LogP contribution in [0.3, 0.4) is 0 Å². The monoisotopic (exact) mass is 362 g/mol. The number of aromatic nitrogens is 2. The number of aryl methyl sites for hydroxylation is 2. The fourth-order valence-corrected chi connectivity index (χ4v) is 3.25. The third-order valence-corrected chi connectivity index (χ3v) is 4.87. The van der Waals surface area contributed by atoms with Crippen LogP contribution in [-0.2, 0) is 0 Å². The van der Waals surface area contributed by atoms with Gasteiger partial charge in [-0.3, -0.25) is 4.79 Å². The molecule has 0 spiro atoms. The molecule has 0 unspecified atom stereocenters. The summed E-state index contributed by atoms with van der Waals surface area (Å²) in [6.45, 7) is 9.05. The van der Waals surface area contributed by atoms with Gasteiger partial charge in [0.25, 0.3) is 5.91 Å². The van der Waals surface area contributed by atoms with Gasteiger partial charge in [-0.05, 0) is 75.5 Å². The highest BCUT2D eigenvalue weighted by Crippen LogP contribution is 2.26. The third-order valence-electron chi connectivity index (χ3n) is 4.87. The topological polar surface area (TPSA) is 59.0 Å². The van der Waals surface area contributed by atoms with Gasteiger partial charge in [0.15, 0.2) is 0 Å². The summed E-state index contributed by atoms with van der Waals surface area (Å²) in [6.07, 6.45) is 2.20. The van der Waals surface area contributed by atoms with Crippen molar-refractivity contribution in [2.45, 2.75) is 33.6 Å². The fraction of sp³-hybridized carbons (Fsp3) is 0.474. The molecule has 2 aromatic rings. The quantitative estimate of drug-likeness (QED) is 0.878. The van der Waals surface area contributed by atoms with E-state index in [1.165, 1.54) is 0 Å². The smallest absolute Gasteiger partial charge is 0.251 e. The fourth-order valence-electron chi connectivity index (χ4n) is 3.25. The molecule has 1 fully saturated rings. The number of benzene rings is 1. The minimum absolute atomic E-state index is 0. The minimum Gasteiger partial charge on any atom is -0.351 e. The lowest BCUT2D eigenvalue weighted by molar-refractivity contribution is 0.0922. The van der Waals surface area contributed by atoms with E-state index in [2.05, 4.69) is 22.7 Å². The second-order valence-electron chi connectivity index (χ2n) is 7.13. The first-order valence-electron chi connectivity index (χ1n) is 8.59. The van der Waals surface area contributed by atoms with E-state index in [1.807, 2.05) is 48.9 Å². The van der Waals surface area contributed by atoms with Crippen molar-refractivity contribution in [1.82, 2.24) is 20.4 Å². The molecule has 0 bridgehead atoms. The molecule has 3 rings (SSSR count). The molecule has 1 aromatic carbocycles. The Hall–Kier alpha value is -1.85. The lowest BCUT2D eigenvalue weighted by atomic mass is 9.81. The number of amides is 1. The van der Waals surface area contributed by atoms with Crippen molar-refractivity contribution >= 4 is 18.3 Å². The van der Waals surface area contributed by atoms with Gasteiger partial charge in [-0.2, -0.15) is 5.10 Å². The molecule has 1 aromatic heterocycles. The maximum absolute atomic E-state index is 12.4. The van der Waals surface area contributed by atoms with Crippen LogP contribution in [-0.4, -0.2) is 35.3 Å². The van der Waals surface area contributed by atoms with Crippen molar-refractivity contribution < 1.29 is 4.79 Å². The Balaban J connectivity index is 0.00000225. The zero-order valence-electron chi connectivity index (χ0n) is 15.1. The van der Waals surface area contributed by atoms with Crippen LogP contribution in [0.2, 0.25) is 0 Å². The number of rotatable bonds is 4. The van der Waals surface area contributed by atoms with Crippen LogP contribution in [0.15, 0.2) is 30.3 Å². The van der Waals surface area contributed by atoms with Crippen LogP contribution in [0.5, 0.6) is 0 Å². The lowest BCUT2D eigenvalue weighted by Crippen LogP contribution is -2.42. The molecule has 0 atom stereocenters. The average Bonchev–Trinajstić information content (AvgIpc) is 2.92. The summed E-state index contributed by atoms with van der Waals surface area (Å²) >= 11 is 0. The van der Waals surface area contributed by atoms with E-state index < -0.39 is 0 Å². The number of carbonyl (C=O) groups is 1. The van der Waals surface area contributed by atoms with E-state index in [9.17, 15) is 4.79 Å². The van der Waals surface area contributed by atoms with Crippen molar-refractivity contribution in [1.29, 1.82) is 0 Å². The summed E-state index contributed by atoms with van der Waals surface area (Å²) < 4.78 is 1.90. The van der Waals surface area contributed by atoms with Crippen molar-refractivity contribution in [2.75, 3.05) is 19.6 Å². The van der Waals surface area contributed by atoms with E-state index in [-0.39, 0.29) is 23.7 Å². The summed E-state index contributed by atoms with van der Waals surface area (Å²) in [5.74, 6) is -0.00493. The molecule has 5 nitrogen and oxygen atoms in total. The van der Waals surface area contributed by atoms with Crippen LogP contribution in [0.4, 0.5) is 0 Å². The lowest BCUT2D eigenvalue weighted by Gasteiger charge is -2.34. The van der Waals surface area contributed by atoms with Gasteiger partial charge in [-0.1, -0.05) is 6.92 Å². The zero-order valence-corrected chi connectivity index (χ0v) is 15.9. The normalized spacial score (nSPS) is 16.1. The zero-order chi connectivity index (χ0) is 17.2. The number of piperidine rings is 1. The van der Waals surface area contributed by atoms with Gasteiger partial charge in [0.05, 0.1) is 11.4 Å². The highest BCUT2D eigenvalue weighted by Gasteiger charge is 2.27. The molecule has 0 aliphatic carbocycles. The predicted octanol–water partition coefficient (Wildman–Crippen LogP) is 3.03. The maximum atomic E-state index is 12.4. The average molecular weight is 363 g/mol. The van der Waals surface area contributed by atoms with E-state index in [0.29, 0.717) is 5.56 Å². The van der Waals surface area contributed by atoms with Gasteiger partial charge in [0, 0.05) is 17.8 Å². The van der Waals surface area contributed by atoms with Gasteiger partial charge in [-0.25, -0.2) is 4.68 Å². The number of carbonyl (C=O) groups excluding carboxylic acids is 1. The first-order chi connectivity index (χ1) is 11.5. The first-order valence-corrected chi connectivity index (χ1v) is 8.59. The molecule has 0 radical (unpaired) electrons. The summed E-state index contributed by atoms with van der Waals surface area (Å²) in [6, 6.07) is 9.67. The standard InChI is InChI=1S/C19H26N4O.ClH/c1-14-12-15(2)23(22-14)17-6-4-16(5-7-17)18(24)21-13-19(3)8-10-20-11-9-19;/h4-7,12,20H,8-11,13H2,1-3H3,(H,21,24);1H. The first kappa shape index (κ1) is 19.5. The van der Waals surface area contributed by atoms with Crippen LogP contribution >= 0.6 is 12.4 Å². The molecular formula is C19H27ClN4O. The van der Waals surface area contributed by atoms with Crippen molar-refractivity contribution in [2.24, 2.45) is 5.41 Å². The van der Waals surface area contributed by atoms with Gasteiger partial charge < -0.3 is 10.6 Å². The van der Waals surface area contributed by atoms with E-state index in [4.69, 9.17) is 0 Å². The van der Waals surface area contributed by atoms with Crippen LogP contribution in [0, 0.1) is 19.3 Å². The summed E-state index contributed by atoms with van der Waals surface area (Å²) in [5, 5.41) is 10.9. The molecular weight excluding hydrogens is 336 g/mol. The second-order valence-corrected chi connectivity index (χ2v) is 7.13. The second kappa shape index (κ2) is 8.02. The number of nitrogens with zero attached hydrogens (tertiary/aromatic N) is 2. The minimum atomic E-state index is -0.00493. The van der Waals surface area contributed by atoms with Gasteiger partial charge in [-0.15, -0.1) is 12.4 Å². The van der Waals surface area contributed by atoms with E-state index in [0.717, 1.165) is 49.6 Å². The van der Waals surface area contributed by atoms with Crippen molar-refractivity contribution in [3.05, 3.63) is 47.3 Å². The molecule has 136 valence electrons. The Morgan fingerprint density at radius 2 is 1.88 bits per heavy atom. The number of nitrogens with one attached hydrogen (secondary N) is 2. The Labute approximate surface area is 155 Å². The van der Waals surface area contributed by atoms with Crippen molar-refractivity contribution in [3.8, 4) is 5.69 Å². The molecule has 6 heteroatoms. The predicted molar refractivity (Wildman–Crippen MR) is 103 cm³/mol. The SMILES string of the molecule is Cc1cc(C)n(-c2ccc(C(=O)NCC3(C)CCNCC3)cc2)n1.Cl. The molecule has 1 aliphatic heterocycles. The Morgan fingerprint density at radius 1 is 1.24 bits per heavy atom.